The van der Waals surface area contributed by atoms with Crippen molar-refractivity contribution in [3.8, 4) is 0 Å². The summed E-state index contributed by atoms with van der Waals surface area (Å²) in [6.45, 7) is 5.96. The molecule has 2 aromatic heterocycles. The first-order valence-electron chi connectivity index (χ1n) is 5.22. The summed E-state index contributed by atoms with van der Waals surface area (Å²) in [6.07, 6.45) is 0. The molecule has 0 aromatic carbocycles. The molecule has 0 aliphatic rings. The maximum absolute atomic E-state index is 5.96. The van der Waals surface area contributed by atoms with Crippen LogP contribution >= 0.6 is 0 Å². The highest BCUT2D eigenvalue weighted by atomic mass is 15.5. The number of hydrogen-bond donors (Lipinski definition) is 1. The minimum absolute atomic E-state index is 0.559. The highest BCUT2D eigenvalue weighted by Crippen LogP contribution is 2.27. The number of rotatable bonds is 1. The molecule has 0 saturated heterocycles. The second kappa shape index (κ2) is 3.37. The van der Waals surface area contributed by atoms with Gasteiger partial charge in [-0.15, -0.1) is 0 Å². The van der Waals surface area contributed by atoms with Crippen molar-refractivity contribution in [2.45, 2.75) is 20.8 Å². The molecule has 86 valence electrons. The molecule has 2 N–H and O–H groups in total. The Morgan fingerprint density at radius 3 is 2.31 bits per heavy atom. The van der Waals surface area contributed by atoms with E-state index >= 15 is 0 Å². The third kappa shape index (κ3) is 1.31. The van der Waals surface area contributed by atoms with Gasteiger partial charge in [0.05, 0.1) is 5.39 Å². The van der Waals surface area contributed by atoms with Gasteiger partial charge in [0.15, 0.2) is 5.65 Å². The topological polar surface area (TPSA) is 60.0 Å². The van der Waals surface area contributed by atoms with Gasteiger partial charge in [0.1, 0.15) is 11.6 Å². The van der Waals surface area contributed by atoms with Crippen molar-refractivity contribution in [3.63, 3.8) is 0 Å². The van der Waals surface area contributed by atoms with Crippen LogP contribution in [-0.4, -0.2) is 28.7 Å². The smallest absolute Gasteiger partial charge is 0.164 e. The molecule has 0 radical (unpaired) electrons. The monoisotopic (exact) mass is 219 g/mol. The second-order valence-corrected chi connectivity index (χ2v) is 4.22. The molecule has 0 spiro atoms. The van der Waals surface area contributed by atoms with Crippen LogP contribution in [0.3, 0.4) is 0 Å². The summed E-state index contributed by atoms with van der Waals surface area (Å²) < 4.78 is 2.05. The Hall–Kier alpha value is -1.78. The van der Waals surface area contributed by atoms with Gasteiger partial charge in [-0.1, -0.05) is 0 Å². The number of hydrogen-bond acceptors (Lipinski definition) is 4. The van der Waals surface area contributed by atoms with Gasteiger partial charge in [-0.05, 0) is 26.3 Å². The third-order valence-corrected chi connectivity index (χ3v) is 2.87. The van der Waals surface area contributed by atoms with Crippen LogP contribution in [0.25, 0.3) is 11.0 Å². The van der Waals surface area contributed by atoms with Crippen LogP contribution in [0.2, 0.25) is 0 Å². The van der Waals surface area contributed by atoms with Crippen molar-refractivity contribution in [3.05, 3.63) is 17.1 Å². The van der Waals surface area contributed by atoms with Crippen LogP contribution in [0.4, 0.5) is 5.82 Å². The normalized spacial score (nSPS) is 11.1. The zero-order valence-electron chi connectivity index (χ0n) is 10.4. The Morgan fingerprint density at radius 2 is 1.75 bits per heavy atom. The van der Waals surface area contributed by atoms with Gasteiger partial charge in [-0.25, -0.2) is 14.6 Å². The van der Waals surface area contributed by atoms with Gasteiger partial charge in [-0.3, -0.25) is 0 Å². The average Bonchev–Trinajstić information content (AvgIpc) is 2.38. The van der Waals surface area contributed by atoms with Crippen molar-refractivity contribution in [2.24, 2.45) is 0 Å². The molecule has 0 saturated carbocycles. The Labute approximate surface area is 94.9 Å². The van der Waals surface area contributed by atoms with Gasteiger partial charge in [0.2, 0.25) is 0 Å². The quantitative estimate of drug-likeness (QED) is 0.781. The van der Waals surface area contributed by atoms with Gasteiger partial charge in [-0.2, -0.15) is 0 Å². The molecule has 5 nitrogen and oxygen atoms in total. The van der Waals surface area contributed by atoms with E-state index in [1.165, 1.54) is 0 Å². The Balaban J connectivity index is 2.96. The SMILES string of the molecule is Cc1nc(N)c2c(C)c(C)n(N(C)C)c2n1. The minimum atomic E-state index is 0.559. The molecule has 0 aliphatic heterocycles. The lowest BCUT2D eigenvalue weighted by molar-refractivity contribution is 0.726. The van der Waals surface area contributed by atoms with E-state index in [-0.39, 0.29) is 0 Å². The lowest BCUT2D eigenvalue weighted by Gasteiger charge is -2.17. The lowest BCUT2D eigenvalue weighted by atomic mass is 10.2. The fourth-order valence-electron chi connectivity index (χ4n) is 2.08. The van der Waals surface area contributed by atoms with Crippen molar-refractivity contribution in [2.75, 3.05) is 24.8 Å². The molecule has 0 amide bonds. The molecule has 2 rings (SSSR count). The summed E-state index contributed by atoms with van der Waals surface area (Å²) in [5, 5.41) is 2.95. The predicted octanol–water partition coefficient (Wildman–Crippen LogP) is 1.14. The van der Waals surface area contributed by atoms with E-state index in [9.17, 15) is 0 Å². The largest absolute Gasteiger partial charge is 0.383 e. The third-order valence-electron chi connectivity index (χ3n) is 2.87. The van der Waals surface area contributed by atoms with E-state index in [1.54, 1.807) is 0 Å². The molecule has 5 heteroatoms. The zero-order valence-corrected chi connectivity index (χ0v) is 10.4. The maximum Gasteiger partial charge on any atom is 0.164 e. The van der Waals surface area contributed by atoms with Gasteiger partial charge < -0.3 is 10.7 Å². The van der Waals surface area contributed by atoms with Crippen LogP contribution in [0.15, 0.2) is 0 Å². The summed E-state index contributed by atoms with van der Waals surface area (Å²) in [7, 11) is 3.97. The first kappa shape index (κ1) is 10.7. The standard InChI is InChI=1S/C11H17N5/c1-6-7(2)16(15(4)5)11-9(6)10(12)13-8(3)14-11/h1-5H3,(H2,12,13,14). The van der Waals surface area contributed by atoms with Crippen molar-refractivity contribution >= 4 is 16.9 Å². The van der Waals surface area contributed by atoms with Crippen LogP contribution in [-0.2, 0) is 0 Å². The number of nitrogens with two attached hydrogens (primary N) is 1. The van der Waals surface area contributed by atoms with Gasteiger partial charge >= 0.3 is 0 Å². The number of nitrogen functional groups attached to an aromatic ring is 1. The fraction of sp³-hybridized carbons (Fsp3) is 0.455. The van der Waals surface area contributed by atoms with Crippen LogP contribution in [0.5, 0.6) is 0 Å². The number of nitrogens with zero attached hydrogens (tertiary/aromatic N) is 4. The maximum atomic E-state index is 5.96. The van der Waals surface area contributed by atoms with E-state index < -0.39 is 0 Å². The average molecular weight is 219 g/mol. The van der Waals surface area contributed by atoms with Crippen LogP contribution < -0.4 is 10.7 Å². The number of anilines is 1. The first-order chi connectivity index (χ1) is 7.43. The zero-order chi connectivity index (χ0) is 12.0. The Kier molecular flexibility index (Phi) is 2.26. The Morgan fingerprint density at radius 1 is 1.12 bits per heavy atom. The molecule has 0 unspecified atom stereocenters. The van der Waals surface area contributed by atoms with E-state index in [2.05, 4.69) is 21.6 Å². The second-order valence-electron chi connectivity index (χ2n) is 4.22. The van der Waals surface area contributed by atoms with Crippen molar-refractivity contribution in [1.82, 2.24) is 14.6 Å². The first-order valence-corrected chi connectivity index (χ1v) is 5.22. The highest BCUT2D eigenvalue weighted by Gasteiger charge is 2.16. The summed E-state index contributed by atoms with van der Waals surface area (Å²) in [6, 6.07) is 0. The Bertz CT molecular complexity index is 553. The van der Waals surface area contributed by atoms with E-state index in [1.807, 2.05) is 33.0 Å². The predicted molar refractivity (Wildman–Crippen MR) is 66.2 cm³/mol. The van der Waals surface area contributed by atoms with Crippen LogP contribution in [0, 0.1) is 20.8 Å². The molecular formula is C11H17N5. The molecule has 0 atom stereocenters. The van der Waals surface area contributed by atoms with Gasteiger partial charge in [0, 0.05) is 19.8 Å². The summed E-state index contributed by atoms with van der Waals surface area (Å²) in [5.74, 6) is 1.26. The number of aromatic nitrogens is 3. The molecule has 16 heavy (non-hydrogen) atoms. The minimum Gasteiger partial charge on any atom is -0.383 e. The van der Waals surface area contributed by atoms with E-state index in [4.69, 9.17) is 5.73 Å². The fourth-order valence-corrected chi connectivity index (χ4v) is 2.08. The molecule has 2 aromatic rings. The van der Waals surface area contributed by atoms with Crippen molar-refractivity contribution in [1.29, 1.82) is 0 Å². The number of aryl methyl sites for hydroxylation is 2. The highest BCUT2D eigenvalue weighted by molar-refractivity contribution is 5.91. The number of fused-ring (bicyclic) bond motifs is 1. The van der Waals surface area contributed by atoms with E-state index in [0.29, 0.717) is 11.6 Å². The van der Waals surface area contributed by atoms with Crippen molar-refractivity contribution < 1.29 is 0 Å². The summed E-state index contributed by atoms with van der Waals surface area (Å²) >= 11 is 0. The van der Waals surface area contributed by atoms with Gasteiger partial charge in [0.25, 0.3) is 0 Å². The molecule has 2 heterocycles. The molecular weight excluding hydrogens is 202 g/mol. The van der Waals surface area contributed by atoms with E-state index in [0.717, 1.165) is 22.3 Å². The summed E-state index contributed by atoms with van der Waals surface area (Å²) in [4.78, 5) is 8.68. The summed E-state index contributed by atoms with van der Waals surface area (Å²) in [5.41, 5.74) is 9.12. The molecule has 0 bridgehead atoms. The lowest BCUT2D eigenvalue weighted by Crippen LogP contribution is -2.26. The molecule has 0 aliphatic carbocycles. The molecule has 0 fully saturated rings. The van der Waals surface area contributed by atoms with Crippen LogP contribution in [0.1, 0.15) is 17.1 Å².